The molecule has 3 unspecified atom stereocenters. The average molecular weight is 288 g/mol. The van der Waals surface area contributed by atoms with E-state index in [1.54, 1.807) is 0 Å². The van der Waals surface area contributed by atoms with Gasteiger partial charge in [-0.3, -0.25) is 9.48 Å². The van der Waals surface area contributed by atoms with E-state index in [2.05, 4.69) is 10.4 Å². The zero-order chi connectivity index (χ0) is 14.2. The van der Waals surface area contributed by atoms with Gasteiger partial charge in [0.2, 0.25) is 0 Å². The fraction of sp³-hybridized carbons (Fsp3) is 0.750. The predicted molar refractivity (Wildman–Crippen MR) is 80.1 cm³/mol. The molecule has 2 saturated heterocycles. The molecule has 0 aromatic carbocycles. The number of fused-ring (bicyclic) bond motifs is 1. The second-order valence-electron chi connectivity index (χ2n) is 6.84. The largest absolute Gasteiger partial charge is 0.337 e. The normalized spacial score (nSPS) is 32.4. The Kier molecular flexibility index (Phi) is 3.45. The molecule has 3 fully saturated rings. The molecular formula is C16H24N4O. The summed E-state index contributed by atoms with van der Waals surface area (Å²) >= 11 is 0. The maximum absolute atomic E-state index is 12.6. The second-order valence-corrected chi connectivity index (χ2v) is 6.84. The minimum atomic E-state index is 0.131. The lowest BCUT2D eigenvalue weighted by Crippen LogP contribution is -2.33. The van der Waals surface area contributed by atoms with Gasteiger partial charge in [-0.15, -0.1) is 0 Å². The van der Waals surface area contributed by atoms with Crippen LogP contribution in [0, 0.1) is 11.8 Å². The van der Waals surface area contributed by atoms with Crippen LogP contribution in [-0.2, 0) is 0 Å². The molecule has 1 aliphatic carbocycles. The van der Waals surface area contributed by atoms with Gasteiger partial charge < -0.3 is 10.2 Å². The first-order valence-corrected chi connectivity index (χ1v) is 8.36. The third-order valence-electron chi connectivity index (χ3n) is 5.49. The predicted octanol–water partition coefficient (Wildman–Crippen LogP) is 1.68. The summed E-state index contributed by atoms with van der Waals surface area (Å²) < 4.78 is 1.98. The van der Waals surface area contributed by atoms with E-state index in [1.165, 1.54) is 25.7 Å². The zero-order valence-corrected chi connectivity index (χ0v) is 12.5. The van der Waals surface area contributed by atoms with Gasteiger partial charge in [-0.25, -0.2) is 0 Å². The van der Waals surface area contributed by atoms with E-state index in [-0.39, 0.29) is 5.91 Å². The van der Waals surface area contributed by atoms with Crippen LogP contribution in [0.1, 0.15) is 48.6 Å². The van der Waals surface area contributed by atoms with Gasteiger partial charge >= 0.3 is 0 Å². The van der Waals surface area contributed by atoms with Crippen molar-refractivity contribution in [3.63, 3.8) is 0 Å². The third-order valence-corrected chi connectivity index (χ3v) is 5.49. The van der Waals surface area contributed by atoms with Crippen molar-refractivity contribution in [3.8, 4) is 0 Å². The number of amides is 1. The van der Waals surface area contributed by atoms with Crippen LogP contribution < -0.4 is 5.32 Å². The molecule has 3 aliphatic rings. The van der Waals surface area contributed by atoms with E-state index in [1.807, 2.05) is 21.8 Å². The van der Waals surface area contributed by atoms with Crippen molar-refractivity contribution in [1.29, 1.82) is 0 Å². The minimum Gasteiger partial charge on any atom is -0.337 e. The Morgan fingerprint density at radius 3 is 2.71 bits per heavy atom. The summed E-state index contributed by atoms with van der Waals surface area (Å²) in [7, 11) is 0. The summed E-state index contributed by atoms with van der Waals surface area (Å²) in [6.07, 6.45) is 8.26. The van der Waals surface area contributed by atoms with E-state index in [0.29, 0.717) is 11.7 Å². The number of carbonyl (C=O) groups excluding carboxylic acids is 1. The monoisotopic (exact) mass is 288 g/mol. The van der Waals surface area contributed by atoms with Crippen LogP contribution >= 0.6 is 0 Å². The van der Waals surface area contributed by atoms with Crippen molar-refractivity contribution >= 4 is 5.91 Å². The molecule has 0 bridgehead atoms. The number of carbonyl (C=O) groups is 1. The number of piperidine rings is 1. The second kappa shape index (κ2) is 5.44. The Hall–Kier alpha value is -1.36. The standard InChI is InChI=1S/C16H24N4O/c21-16(19-10-12-3-1-4-13(12)11-19)15-6-8-20(18-15)14-5-2-7-17-9-14/h6,8,12-14,17H,1-5,7,9-11H2. The highest BCUT2D eigenvalue weighted by Crippen LogP contribution is 2.38. The molecule has 1 saturated carbocycles. The Morgan fingerprint density at radius 1 is 1.19 bits per heavy atom. The van der Waals surface area contributed by atoms with Crippen molar-refractivity contribution in [2.75, 3.05) is 26.2 Å². The van der Waals surface area contributed by atoms with Crippen molar-refractivity contribution in [3.05, 3.63) is 18.0 Å². The summed E-state index contributed by atoms with van der Waals surface area (Å²) in [6, 6.07) is 2.30. The van der Waals surface area contributed by atoms with Crippen molar-refractivity contribution < 1.29 is 4.79 Å². The van der Waals surface area contributed by atoms with Gasteiger partial charge in [-0.05, 0) is 50.1 Å². The summed E-state index contributed by atoms with van der Waals surface area (Å²) in [5.74, 6) is 1.63. The highest BCUT2D eigenvalue weighted by Gasteiger charge is 2.38. The third kappa shape index (κ3) is 2.48. The van der Waals surface area contributed by atoms with E-state index < -0.39 is 0 Å². The lowest BCUT2D eigenvalue weighted by molar-refractivity contribution is 0.0773. The van der Waals surface area contributed by atoms with Crippen LogP contribution in [0.3, 0.4) is 0 Å². The molecule has 5 nitrogen and oxygen atoms in total. The van der Waals surface area contributed by atoms with Gasteiger partial charge in [-0.2, -0.15) is 5.10 Å². The van der Waals surface area contributed by atoms with Crippen molar-refractivity contribution in [2.45, 2.75) is 38.1 Å². The summed E-state index contributed by atoms with van der Waals surface area (Å²) in [5, 5.41) is 7.96. The fourth-order valence-corrected chi connectivity index (χ4v) is 4.28. The molecule has 21 heavy (non-hydrogen) atoms. The molecule has 0 spiro atoms. The highest BCUT2D eigenvalue weighted by atomic mass is 16.2. The molecule has 1 aromatic heterocycles. The molecule has 3 atom stereocenters. The van der Waals surface area contributed by atoms with Crippen LogP contribution in [0.4, 0.5) is 0 Å². The Bertz CT molecular complexity index is 508. The SMILES string of the molecule is O=C(c1ccn(C2CCCNC2)n1)N1CC2CCCC2C1. The van der Waals surface area contributed by atoms with Gasteiger partial charge in [-0.1, -0.05) is 6.42 Å². The summed E-state index contributed by atoms with van der Waals surface area (Å²) in [4.78, 5) is 14.6. The van der Waals surface area contributed by atoms with Crippen LogP contribution in [0.15, 0.2) is 12.3 Å². The minimum absolute atomic E-state index is 0.131. The summed E-state index contributed by atoms with van der Waals surface area (Å²) in [6.45, 7) is 3.95. The quantitative estimate of drug-likeness (QED) is 0.901. The number of rotatable bonds is 2. The lowest BCUT2D eigenvalue weighted by Gasteiger charge is -2.23. The van der Waals surface area contributed by atoms with Crippen LogP contribution in [0.25, 0.3) is 0 Å². The van der Waals surface area contributed by atoms with Crippen LogP contribution in [0.5, 0.6) is 0 Å². The Labute approximate surface area is 125 Å². The number of aromatic nitrogens is 2. The van der Waals surface area contributed by atoms with E-state index >= 15 is 0 Å². The van der Waals surface area contributed by atoms with Gasteiger partial charge in [0.15, 0.2) is 0 Å². The highest BCUT2D eigenvalue weighted by molar-refractivity contribution is 5.92. The summed E-state index contributed by atoms with van der Waals surface area (Å²) in [5.41, 5.74) is 0.626. The van der Waals surface area contributed by atoms with Crippen molar-refractivity contribution in [2.24, 2.45) is 11.8 Å². The topological polar surface area (TPSA) is 50.2 Å². The number of nitrogens with zero attached hydrogens (tertiary/aromatic N) is 3. The molecule has 4 rings (SSSR count). The van der Waals surface area contributed by atoms with E-state index in [4.69, 9.17) is 0 Å². The number of hydrogen-bond acceptors (Lipinski definition) is 3. The first-order chi connectivity index (χ1) is 10.3. The Morgan fingerprint density at radius 2 is 2.00 bits per heavy atom. The number of likely N-dealkylation sites (tertiary alicyclic amines) is 1. The average Bonchev–Trinajstić information content (AvgIpc) is 3.22. The maximum Gasteiger partial charge on any atom is 0.274 e. The maximum atomic E-state index is 12.6. The number of hydrogen-bond donors (Lipinski definition) is 1. The number of nitrogens with one attached hydrogen (secondary N) is 1. The smallest absolute Gasteiger partial charge is 0.274 e. The van der Waals surface area contributed by atoms with Gasteiger partial charge in [0.05, 0.1) is 6.04 Å². The fourth-order valence-electron chi connectivity index (χ4n) is 4.28. The van der Waals surface area contributed by atoms with Gasteiger partial charge in [0.1, 0.15) is 5.69 Å². The van der Waals surface area contributed by atoms with Gasteiger partial charge in [0, 0.05) is 25.8 Å². The van der Waals surface area contributed by atoms with Gasteiger partial charge in [0.25, 0.3) is 5.91 Å². The first kappa shape index (κ1) is 13.3. The molecule has 114 valence electrons. The molecular weight excluding hydrogens is 264 g/mol. The molecule has 1 aromatic rings. The van der Waals surface area contributed by atoms with E-state index in [0.717, 1.165) is 44.4 Å². The molecule has 3 heterocycles. The van der Waals surface area contributed by atoms with E-state index in [9.17, 15) is 4.79 Å². The molecule has 0 radical (unpaired) electrons. The molecule has 1 amide bonds. The lowest BCUT2D eigenvalue weighted by atomic mass is 10.0. The Balaban J connectivity index is 1.44. The van der Waals surface area contributed by atoms with Crippen molar-refractivity contribution in [1.82, 2.24) is 20.0 Å². The first-order valence-electron chi connectivity index (χ1n) is 8.36. The van der Waals surface area contributed by atoms with Crippen LogP contribution in [0.2, 0.25) is 0 Å². The molecule has 2 aliphatic heterocycles. The van der Waals surface area contributed by atoms with Crippen LogP contribution in [-0.4, -0.2) is 46.8 Å². The molecule has 5 heteroatoms. The zero-order valence-electron chi connectivity index (χ0n) is 12.5. The molecule has 1 N–H and O–H groups in total.